The van der Waals surface area contributed by atoms with Gasteiger partial charge in [-0.3, -0.25) is 14.2 Å². The van der Waals surface area contributed by atoms with E-state index in [1.807, 2.05) is 47.4 Å². The molecule has 4 rings (SSSR count). The predicted octanol–water partition coefficient (Wildman–Crippen LogP) is 4.89. The molecule has 7 heteroatoms. The first-order chi connectivity index (χ1) is 14.6. The number of hydrogen-bond donors (Lipinski definition) is 0. The number of rotatable bonds is 8. The number of carbonyl (C=O) groups excluding carboxylic acids is 1. The van der Waals surface area contributed by atoms with Gasteiger partial charge in [-0.1, -0.05) is 52.8 Å². The summed E-state index contributed by atoms with van der Waals surface area (Å²) in [6.45, 7) is 3.72. The molecule has 0 unspecified atom stereocenters. The lowest BCUT2D eigenvalue weighted by molar-refractivity contribution is -0.128. The second-order valence-corrected chi connectivity index (χ2v) is 9.46. The summed E-state index contributed by atoms with van der Waals surface area (Å²) in [5.74, 6) is 1.04. The summed E-state index contributed by atoms with van der Waals surface area (Å²) < 4.78 is 2.44. The molecule has 1 fully saturated rings. The average molecular weight is 486 g/mol. The normalized spacial score (nSPS) is 13.5. The molecule has 1 aromatic heterocycles. The molecule has 30 heavy (non-hydrogen) atoms. The lowest BCUT2D eigenvalue weighted by Crippen LogP contribution is -2.35. The maximum atomic E-state index is 13.3. The van der Waals surface area contributed by atoms with Crippen LogP contribution in [-0.4, -0.2) is 39.2 Å². The number of para-hydroxylation sites is 1. The van der Waals surface area contributed by atoms with Crippen molar-refractivity contribution in [2.24, 2.45) is 5.92 Å². The number of halogens is 1. The molecule has 1 saturated carbocycles. The number of amides is 1. The monoisotopic (exact) mass is 485 g/mol. The Bertz CT molecular complexity index is 1110. The van der Waals surface area contributed by atoms with Crippen molar-refractivity contribution in [3.05, 3.63) is 63.4 Å². The van der Waals surface area contributed by atoms with Crippen molar-refractivity contribution in [1.82, 2.24) is 14.5 Å². The van der Waals surface area contributed by atoms with Gasteiger partial charge in [0.25, 0.3) is 5.56 Å². The van der Waals surface area contributed by atoms with Gasteiger partial charge in [-0.2, -0.15) is 0 Å². The number of carbonyl (C=O) groups is 1. The summed E-state index contributed by atoms with van der Waals surface area (Å²) in [6.07, 6.45) is 3.38. The van der Waals surface area contributed by atoms with E-state index in [9.17, 15) is 9.59 Å². The van der Waals surface area contributed by atoms with Crippen LogP contribution >= 0.6 is 27.7 Å². The zero-order chi connectivity index (χ0) is 21.1. The number of hydrogen-bond acceptors (Lipinski definition) is 4. The van der Waals surface area contributed by atoms with E-state index < -0.39 is 0 Å². The van der Waals surface area contributed by atoms with E-state index in [0.717, 1.165) is 29.7 Å². The minimum absolute atomic E-state index is 0.110. The Morgan fingerprint density at radius 2 is 2.00 bits per heavy atom. The van der Waals surface area contributed by atoms with Gasteiger partial charge in [0.05, 0.1) is 22.3 Å². The molecule has 1 aliphatic rings. The van der Waals surface area contributed by atoms with E-state index in [4.69, 9.17) is 4.98 Å². The molecule has 1 heterocycles. The maximum Gasteiger partial charge on any atom is 0.266 e. The molecule has 0 bridgehead atoms. The van der Waals surface area contributed by atoms with Crippen molar-refractivity contribution >= 4 is 44.5 Å². The average Bonchev–Trinajstić information content (AvgIpc) is 3.57. The third-order valence-corrected chi connectivity index (χ3v) is 6.58. The van der Waals surface area contributed by atoms with Gasteiger partial charge in [-0.05, 0) is 55.5 Å². The highest BCUT2D eigenvalue weighted by Crippen LogP contribution is 2.30. The maximum absolute atomic E-state index is 13.3. The van der Waals surface area contributed by atoms with Crippen molar-refractivity contribution in [2.45, 2.75) is 31.3 Å². The fourth-order valence-corrected chi connectivity index (χ4v) is 4.73. The first kappa shape index (κ1) is 21.1. The van der Waals surface area contributed by atoms with Crippen LogP contribution < -0.4 is 5.56 Å². The van der Waals surface area contributed by atoms with Gasteiger partial charge in [-0.15, -0.1) is 0 Å². The molecule has 2 aromatic carbocycles. The van der Waals surface area contributed by atoms with Gasteiger partial charge < -0.3 is 4.90 Å². The Morgan fingerprint density at radius 1 is 1.23 bits per heavy atom. The highest BCUT2D eigenvalue weighted by atomic mass is 79.9. The van der Waals surface area contributed by atoms with Crippen LogP contribution in [0.2, 0.25) is 0 Å². The van der Waals surface area contributed by atoms with Crippen LogP contribution in [0.1, 0.15) is 26.2 Å². The number of thioether (sulfide) groups is 1. The highest BCUT2D eigenvalue weighted by molar-refractivity contribution is 9.10. The van der Waals surface area contributed by atoms with E-state index in [0.29, 0.717) is 22.0 Å². The third-order valence-electron chi connectivity index (χ3n) is 5.16. The predicted molar refractivity (Wildman–Crippen MR) is 125 cm³/mol. The van der Waals surface area contributed by atoms with E-state index in [1.54, 1.807) is 10.6 Å². The van der Waals surface area contributed by atoms with Crippen LogP contribution in [0.15, 0.2) is 63.0 Å². The third kappa shape index (κ3) is 4.78. The van der Waals surface area contributed by atoms with Crippen molar-refractivity contribution < 1.29 is 4.79 Å². The molecule has 0 atom stereocenters. The topological polar surface area (TPSA) is 55.2 Å². The minimum Gasteiger partial charge on any atom is -0.342 e. The van der Waals surface area contributed by atoms with Crippen LogP contribution in [0, 0.1) is 5.92 Å². The second kappa shape index (κ2) is 9.35. The summed E-state index contributed by atoms with van der Waals surface area (Å²) in [5, 5.41) is 1.09. The van der Waals surface area contributed by atoms with Crippen LogP contribution in [-0.2, 0) is 4.79 Å². The summed E-state index contributed by atoms with van der Waals surface area (Å²) >= 11 is 4.77. The zero-order valence-electron chi connectivity index (χ0n) is 16.9. The van der Waals surface area contributed by atoms with Gasteiger partial charge in [0.1, 0.15) is 0 Å². The number of fused-ring (bicyclic) bond motifs is 1. The molecule has 1 aliphatic carbocycles. The summed E-state index contributed by atoms with van der Waals surface area (Å²) in [6, 6.07) is 15.0. The SMILES string of the molecule is CCCN(CC1CC1)C(=O)CSc1nc2ccc(Br)cc2c(=O)n1-c1ccccc1. The smallest absolute Gasteiger partial charge is 0.266 e. The first-order valence-electron chi connectivity index (χ1n) is 10.2. The number of benzene rings is 2. The lowest BCUT2D eigenvalue weighted by Gasteiger charge is -2.22. The van der Waals surface area contributed by atoms with Gasteiger partial charge in [0.15, 0.2) is 5.16 Å². The zero-order valence-corrected chi connectivity index (χ0v) is 19.3. The minimum atomic E-state index is -0.133. The van der Waals surface area contributed by atoms with Gasteiger partial charge in [0.2, 0.25) is 5.91 Å². The fourth-order valence-electron chi connectivity index (χ4n) is 3.46. The molecule has 0 spiro atoms. The number of aromatic nitrogens is 2. The molecule has 156 valence electrons. The van der Waals surface area contributed by atoms with Gasteiger partial charge in [0, 0.05) is 17.6 Å². The molecule has 0 aliphatic heterocycles. The van der Waals surface area contributed by atoms with Gasteiger partial charge in [-0.25, -0.2) is 4.98 Å². The molecular weight excluding hydrogens is 462 g/mol. The molecular formula is C23H24BrN3O2S. The molecule has 3 aromatic rings. The fraction of sp³-hybridized carbons (Fsp3) is 0.348. The molecule has 0 N–H and O–H groups in total. The molecule has 1 amide bonds. The largest absolute Gasteiger partial charge is 0.342 e. The van der Waals surface area contributed by atoms with E-state index >= 15 is 0 Å². The molecule has 0 saturated heterocycles. The Kier molecular flexibility index (Phi) is 6.58. The summed E-state index contributed by atoms with van der Waals surface area (Å²) in [5.41, 5.74) is 1.25. The Morgan fingerprint density at radius 3 is 2.70 bits per heavy atom. The van der Waals surface area contributed by atoms with Crippen molar-refractivity contribution in [3.8, 4) is 5.69 Å². The van der Waals surface area contributed by atoms with Gasteiger partial charge >= 0.3 is 0 Å². The second-order valence-electron chi connectivity index (χ2n) is 7.60. The van der Waals surface area contributed by atoms with E-state index in [1.165, 1.54) is 24.6 Å². The van der Waals surface area contributed by atoms with Crippen molar-refractivity contribution in [1.29, 1.82) is 0 Å². The Balaban J connectivity index is 1.67. The molecule has 5 nitrogen and oxygen atoms in total. The number of nitrogens with zero attached hydrogens (tertiary/aromatic N) is 3. The quantitative estimate of drug-likeness (QED) is 0.336. The highest BCUT2D eigenvalue weighted by Gasteiger charge is 2.26. The van der Waals surface area contributed by atoms with E-state index in [2.05, 4.69) is 22.9 Å². The van der Waals surface area contributed by atoms with Crippen molar-refractivity contribution in [3.63, 3.8) is 0 Å². The van der Waals surface area contributed by atoms with Crippen LogP contribution in [0.5, 0.6) is 0 Å². The summed E-state index contributed by atoms with van der Waals surface area (Å²) in [7, 11) is 0. The standard InChI is InChI=1S/C23H24BrN3O2S/c1-2-12-26(14-16-8-9-16)21(28)15-30-23-25-20-11-10-17(24)13-19(20)22(29)27(23)18-6-4-3-5-7-18/h3-7,10-11,13,16H,2,8-9,12,14-15H2,1H3. The Labute approximate surface area is 188 Å². The summed E-state index contributed by atoms with van der Waals surface area (Å²) in [4.78, 5) is 32.9. The van der Waals surface area contributed by atoms with Crippen LogP contribution in [0.4, 0.5) is 0 Å². The van der Waals surface area contributed by atoms with Crippen LogP contribution in [0.3, 0.4) is 0 Å². The van der Waals surface area contributed by atoms with Crippen LogP contribution in [0.25, 0.3) is 16.6 Å². The lowest BCUT2D eigenvalue weighted by atomic mass is 10.2. The molecule has 0 radical (unpaired) electrons. The first-order valence-corrected chi connectivity index (χ1v) is 12.0. The van der Waals surface area contributed by atoms with Crippen molar-refractivity contribution in [2.75, 3.05) is 18.8 Å². The van der Waals surface area contributed by atoms with E-state index in [-0.39, 0.29) is 17.2 Å². The Hall–Kier alpha value is -2.12.